The first kappa shape index (κ1) is 19.9. The molecule has 0 atom stereocenters. The van der Waals surface area contributed by atoms with Crippen LogP contribution in [0.25, 0.3) is 0 Å². The molecule has 130 valence electrons. The molecule has 0 unspecified atom stereocenters. The number of nitrogens with two attached hydrogens (primary N) is 1. The van der Waals surface area contributed by atoms with E-state index in [9.17, 15) is 13.2 Å². The summed E-state index contributed by atoms with van der Waals surface area (Å²) < 4.78 is 27.0. The zero-order valence-electron chi connectivity index (χ0n) is 13.5. The number of aryl methyl sites for hydroxylation is 2. The highest BCUT2D eigenvalue weighted by Gasteiger charge is 2.30. The highest BCUT2D eigenvalue weighted by molar-refractivity contribution is 7.89. The van der Waals surface area contributed by atoms with Gasteiger partial charge < -0.3 is 10.6 Å². The number of rotatable bonds is 4. The molecule has 0 spiro atoms. The first-order chi connectivity index (χ1) is 10.4. The van der Waals surface area contributed by atoms with Crippen molar-refractivity contribution < 1.29 is 13.2 Å². The second-order valence-electron chi connectivity index (χ2n) is 5.59. The summed E-state index contributed by atoms with van der Waals surface area (Å²) in [5, 5.41) is 0. The van der Waals surface area contributed by atoms with Crippen molar-refractivity contribution in [3.63, 3.8) is 0 Å². The van der Waals surface area contributed by atoms with Crippen molar-refractivity contribution >= 4 is 28.3 Å². The Morgan fingerprint density at radius 1 is 1.17 bits per heavy atom. The molecule has 0 bridgehead atoms. The van der Waals surface area contributed by atoms with Gasteiger partial charge in [0.05, 0.1) is 4.90 Å². The molecule has 1 aliphatic rings. The number of carbonyl (C=O) groups is 1. The minimum absolute atomic E-state index is 0. The van der Waals surface area contributed by atoms with Crippen LogP contribution < -0.4 is 5.73 Å². The van der Waals surface area contributed by atoms with Gasteiger partial charge in [-0.15, -0.1) is 12.4 Å². The summed E-state index contributed by atoms with van der Waals surface area (Å²) in [6.07, 6.45) is 0.309. The maximum absolute atomic E-state index is 12.8. The molecule has 2 rings (SSSR count). The first-order valence-corrected chi connectivity index (χ1v) is 8.85. The summed E-state index contributed by atoms with van der Waals surface area (Å²) in [5.41, 5.74) is 7.05. The lowest BCUT2D eigenvalue weighted by Crippen LogP contribution is -2.50. The Hall–Kier alpha value is -1.15. The molecule has 0 aliphatic carbocycles. The molecule has 0 radical (unpaired) electrons. The molecule has 1 heterocycles. The van der Waals surface area contributed by atoms with E-state index in [1.165, 1.54) is 4.31 Å². The van der Waals surface area contributed by atoms with E-state index in [0.29, 0.717) is 44.0 Å². The van der Waals surface area contributed by atoms with Crippen molar-refractivity contribution in [1.82, 2.24) is 9.21 Å². The van der Waals surface area contributed by atoms with Gasteiger partial charge in [-0.3, -0.25) is 4.79 Å². The monoisotopic (exact) mass is 361 g/mol. The van der Waals surface area contributed by atoms with Crippen LogP contribution in [-0.2, 0) is 14.8 Å². The molecule has 0 saturated carbocycles. The molecule has 1 aliphatic heterocycles. The van der Waals surface area contributed by atoms with E-state index >= 15 is 0 Å². The Bertz CT molecular complexity index is 656. The molecule has 6 nitrogen and oxygen atoms in total. The average Bonchev–Trinajstić information content (AvgIpc) is 2.50. The van der Waals surface area contributed by atoms with Gasteiger partial charge in [0.2, 0.25) is 15.9 Å². The molecule has 1 aromatic carbocycles. The van der Waals surface area contributed by atoms with Crippen LogP contribution in [0.3, 0.4) is 0 Å². The minimum atomic E-state index is -3.51. The standard InChI is InChI=1S/C15H23N3O3S.ClH/c1-12-3-4-13(2)14(11-12)22(20,21)18-9-7-17(8-10-18)15(19)5-6-16;/h3-4,11H,5-10,16H2,1-2H3;1H. The van der Waals surface area contributed by atoms with Gasteiger partial charge in [0.25, 0.3) is 0 Å². The van der Waals surface area contributed by atoms with E-state index in [1.54, 1.807) is 17.9 Å². The third kappa shape index (κ3) is 4.44. The van der Waals surface area contributed by atoms with Gasteiger partial charge >= 0.3 is 0 Å². The van der Waals surface area contributed by atoms with Gasteiger partial charge in [0.15, 0.2) is 0 Å². The summed E-state index contributed by atoms with van der Waals surface area (Å²) in [4.78, 5) is 13.8. The van der Waals surface area contributed by atoms with Crippen LogP contribution in [0.2, 0.25) is 0 Å². The first-order valence-electron chi connectivity index (χ1n) is 7.41. The maximum atomic E-state index is 12.8. The third-order valence-electron chi connectivity index (χ3n) is 3.91. The number of amides is 1. The fourth-order valence-electron chi connectivity index (χ4n) is 2.58. The van der Waals surface area contributed by atoms with Gasteiger partial charge in [-0.05, 0) is 31.0 Å². The lowest BCUT2D eigenvalue weighted by Gasteiger charge is -2.34. The normalized spacial score (nSPS) is 16.0. The Kier molecular flexibility index (Phi) is 7.01. The molecular weight excluding hydrogens is 338 g/mol. The smallest absolute Gasteiger partial charge is 0.243 e. The quantitative estimate of drug-likeness (QED) is 0.863. The number of hydrogen-bond donors (Lipinski definition) is 1. The fourth-order valence-corrected chi connectivity index (χ4v) is 4.32. The lowest BCUT2D eigenvalue weighted by molar-refractivity contribution is -0.132. The van der Waals surface area contributed by atoms with Crippen molar-refractivity contribution in [3.8, 4) is 0 Å². The van der Waals surface area contributed by atoms with Crippen LogP contribution in [0.5, 0.6) is 0 Å². The van der Waals surface area contributed by atoms with E-state index in [4.69, 9.17) is 5.73 Å². The van der Waals surface area contributed by atoms with Crippen molar-refractivity contribution in [3.05, 3.63) is 29.3 Å². The van der Waals surface area contributed by atoms with E-state index in [-0.39, 0.29) is 18.3 Å². The molecule has 1 fully saturated rings. The van der Waals surface area contributed by atoms with Crippen molar-refractivity contribution in [2.45, 2.75) is 25.2 Å². The van der Waals surface area contributed by atoms with Crippen molar-refractivity contribution in [2.24, 2.45) is 5.73 Å². The molecule has 2 N–H and O–H groups in total. The Morgan fingerprint density at radius 3 is 2.35 bits per heavy atom. The third-order valence-corrected chi connectivity index (χ3v) is 5.95. The van der Waals surface area contributed by atoms with Gasteiger partial charge in [-0.1, -0.05) is 12.1 Å². The van der Waals surface area contributed by atoms with Gasteiger partial charge in [-0.25, -0.2) is 8.42 Å². The maximum Gasteiger partial charge on any atom is 0.243 e. The Morgan fingerprint density at radius 2 is 1.78 bits per heavy atom. The largest absolute Gasteiger partial charge is 0.340 e. The van der Waals surface area contributed by atoms with E-state index in [2.05, 4.69) is 0 Å². The molecule has 8 heteroatoms. The number of hydrogen-bond acceptors (Lipinski definition) is 4. The van der Waals surface area contributed by atoms with E-state index < -0.39 is 10.0 Å². The minimum Gasteiger partial charge on any atom is -0.340 e. The van der Waals surface area contributed by atoms with E-state index in [1.807, 2.05) is 19.1 Å². The second kappa shape index (κ2) is 8.10. The van der Waals surface area contributed by atoms with Crippen LogP contribution in [-0.4, -0.2) is 56.3 Å². The van der Waals surface area contributed by atoms with Crippen LogP contribution in [0.15, 0.2) is 23.1 Å². The molecule has 1 aromatic rings. The molecule has 1 amide bonds. The number of piperazine rings is 1. The zero-order valence-corrected chi connectivity index (χ0v) is 15.1. The predicted molar refractivity (Wildman–Crippen MR) is 92.2 cm³/mol. The number of carbonyl (C=O) groups excluding carboxylic acids is 1. The highest BCUT2D eigenvalue weighted by Crippen LogP contribution is 2.22. The molecule has 23 heavy (non-hydrogen) atoms. The highest BCUT2D eigenvalue weighted by atomic mass is 35.5. The number of benzene rings is 1. The zero-order chi connectivity index (χ0) is 16.3. The number of sulfonamides is 1. The lowest BCUT2D eigenvalue weighted by atomic mass is 10.2. The van der Waals surface area contributed by atoms with Crippen molar-refractivity contribution in [2.75, 3.05) is 32.7 Å². The van der Waals surface area contributed by atoms with Gasteiger partial charge in [0, 0.05) is 39.1 Å². The van der Waals surface area contributed by atoms with Crippen LogP contribution in [0.1, 0.15) is 17.5 Å². The molecule has 1 saturated heterocycles. The summed E-state index contributed by atoms with van der Waals surface area (Å²) in [5.74, 6) is -0.00807. The van der Waals surface area contributed by atoms with Crippen LogP contribution in [0, 0.1) is 13.8 Å². The second-order valence-corrected chi connectivity index (χ2v) is 7.50. The molecular formula is C15H24ClN3O3S. The Balaban J connectivity index is 0.00000264. The van der Waals surface area contributed by atoms with Crippen LogP contribution >= 0.6 is 12.4 Å². The molecule has 0 aromatic heterocycles. The Labute approximate surface area is 144 Å². The predicted octanol–water partition coefficient (Wildman–Crippen LogP) is 0.907. The van der Waals surface area contributed by atoms with E-state index in [0.717, 1.165) is 11.1 Å². The average molecular weight is 362 g/mol. The van der Waals surface area contributed by atoms with Crippen LogP contribution in [0.4, 0.5) is 0 Å². The van der Waals surface area contributed by atoms with Gasteiger partial charge in [-0.2, -0.15) is 4.31 Å². The summed E-state index contributed by atoms with van der Waals surface area (Å²) in [7, 11) is -3.51. The summed E-state index contributed by atoms with van der Waals surface area (Å²) >= 11 is 0. The topological polar surface area (TPSA) is 83.7 Å². The van der Waals surface area contributed by atoms with Crippen molar-refractivity contribution in [1.29, 1.82) is 0 Å². The SMILES string of the molecule is Cc1ccc(C)c(S(=O)(=O)N2CCN(C(=O)CCN)CC2)c1.Cl. The number of nitrogens with zero attached hydrogens (tertiary/aromatic N) is 2. The fraction of sp³-hybridized carbons (Fsp3) is 0.533. The summed E-state index contributed by atoms with van der Waals surface area (Å²) in [6.45, 7) is 5.49. The summed E-state index contributed by atoms with van der Waals surface area (Å²) in [6, 6.07) is 5.43. The number of halogens is 1. The van der Waals surface area contributed by atoms with Gasteiger partial charge in [0.1, 0.15) is 0 Å².